The number of amides is 1. The number of aryl methyl sites for hydroxylation is 1. The van der Waals surface area contributed by atoms with Crippen LogP contribution in [0.3, 0.4) is 0 Å². The van der Waals surface area contributed by atoms with Gasteiger partial charge in [0.1, 0.15) is 5.75 Å². The molecule has 88 valence electrons. The Labute approximate surface area is 98.9 Å². The number of hydrogen-bond donors (Lipinski definition) is 1. The fourth-order valence-corrected chi connectivity index (χ4v) is 1.49. The summed E-state index contributed by atoms with van der Waals surface area (Å²) in [5, 5.41) is 13.2. The van der Waals surface area contributed by atoms with E-state index >= 15 is 0 Å². The van der Waals surface area contributed by atoms with Gasteiger partial charge in [-0.3, -0.25) is 9.48 Å². The molecule has 1 N–H and O–H groups in total. The van der Waals surface area contributed by atoms with E-state index in [0.29, 0.717) is 11.4 Å². The first kappa shape index (κ1) is 11.2. The molecule has 0 fully saturated rings. The van der Waals surface area contributed by atoms with E-state index in [1.54, 1.807) is 43.2 Å². The number of phenols is 1. The van der Waals surface area contributed by atoms with E-state index in [-0.39, 0.29) is 11.7 Å². The summed E-state index contributed by atoms with van der Waals surface area (Å²) in [6.45, 7) is 0. The molecule has 1 aromatic carbocycles. The van der Waals surface area contributed by atoms with E-state index in [1.165, 1.54) is 17.0 Å². The van der Waals surface area contributed by atoms with Gasteiger partial charge in [0, 0.05) is 26.0 Å². The Morgan fingerprint density at radius 1 is 1.29 bits per heavy atom. The van der Waals surface area contributed by atoms with E-state index in [1.807, 2.05) is 0 Å². The topological polar surface area (TPSA) is 58.4 Å². The molecule has 0 saturated carbocycles. The highest BCUT2D eigenvalue weighted by molar-refractivity contribution is 6.04. The van der Waals surface area contributed by atoms with Gasteiger partial charge in [0.25, 0.3) is 5.91 Å². The van der Waals surface area contributed by atoms with Gasteiger partial charge >= 0.3 is 0 Å². The van der Waals surface area contributed by atoms with Crippen LogP contribution in [0.2, 0.25) is 0 Å². The van der Waals surface area contributed by atoms with Crippen LogP contribution in [0.1, 0.15) is 10.5 Å². The quantitative estimate of drug-likeness (QED) is 0.850. The van der Waals surface area contributed by atoms with Crippen LogP contribution in [-0.2, 0) is 7.05 Å². The highest BCUT2D eigenvalue weighted by Gasteiger charge is 2.15. The summed E-state index contributed by atoms with van der Waals surface area (Å²) >= 11 is 0. The molecule has 1 aromatic heterocycles. The van der Waals surface area contributed by atoms with Crippen molar-refractivity contribution in [2.75, 3.05) is 11.9 Å². The third-order valence-electron chi connectivity index (χ3n) is 2.47. The molecular weight excluding hydrogens is 218 g/mol. The molecule has 2 aromatic rings. The van der Waals surface area contributed by atoms with Crippen molar-refractivity contribution in [1.82, 2.24) is 9.78 Å². The summed E-state index contributed by atoms with van der Waals surface area (Å²) < 4.78 is 1.58. The monoisotopic (exact) mass is 231 g/mol. The summed E-state index contributed by atoms with van der Waals surface area (Å²) in [7, 11) is 3.43. The minimum Gasteiger partial charge on any atom is -0.508 e. The van der Waals surface area contributed by atoms with Gasteiger partial charge in [-0.25, -0.2) is 0 Å². The molecule has 1 heterocycles. The molecule has 2 rings (SSSR count). The van der Waals surface area contributed by atoms with Gasteiger partial charge in [-0.15, -0.1) is 0 Å². The number of aromatic nitrogens is 2. The lowest BCUT2D eigenvalue weighted by atomic mass is 10.2. The fraction of sp³-hybridized carbons (Fsp3) is 0.167. The molecule has 0 unspecified atom stereocenters. The molecule has 1 amide bonds. The van der Waals surface area contributed by atoms with Gasteiger partial charge in [0.2, 0.25) is 0 Å². The minimum atomic E-state index is -0.184. The third-order valence-corrected chi connectivity index (χ3v) is 2.47. The Kier molecular flexibility index (Phi) is 2.82. The predicted octanol–water partition coefficient (Wildman–Crippen LogP) is 1.40. The number of carbonyl (C=O) groups excluding carboxylic acids is 1. The minimum absolute atomic E-state index is 0.174. The second kappa shape index (κ2) is 4.29. The van der Waals surface area contributed by atoms with Crippen LogP contribution in [0.25, 0.3) is 0 Å². The van der Waals surface area contributed by atoms with Gasteiger partial charge in [-0.1, -0.05) is 0 Å². The number of aromatic hydroxyl groups is 1. The highest BCUT2D eigenvalue weighted by atomic mass is 16.3. The maximum absolute atomic E-state index is 12.0. The van der Waals surface area contributed by atoms with E-state index in [0.717, 1.165) is 0 Å². The highest BCUT2D eigenvalue weighted by Crippen LogP contribution is 2.18. The number of hydrogen-bond acceptors (Lipinski definition) is 3. The first-order valence-electron chi connectivity index (χ1n) is 5.14. The van der Waals surface area contributed by atoms with Crippen molar-refractivity contribution in [1.29, 1.82) is 0 Å². The summed E-state index contributed by atoms with van der Waals surface area (Å²) in [5.74, 6) is -0.0104. The van der Waals surface area contributed by atoms with Crippen LogP contribution in [0, 0.1) is 0 Å². The average Bonchev–Trinajstić information content (AvgIpc) is 2.75. The fourth-order valence-electron chi connectivity index (χ4n) is 1.49. The molecule has 0 bridgehead atoms. The van der Waals surface area contributed by atoms with Gasteiger partial charge in [-0.05, 0) is 30.3 Å². The van der Waals surface area contributed by atoms with Gasteiger partial charge in [0.15, 0.2) is 5.69 Å². The van der Waals surface area contributed by atoms with Crippen LogP contribution in [0.15, 0.2) is 36.5 Å². The molecule has 0 atom stereocenters. The molecule has 0 radical (unpaired) electrons. The van der Waals surface area contributed by atoms with Crippen molar-refractivity contribution < 1.29 is 9.90 Å². The molecular formula is C12H13N3O2. The second-order valence-electron chi connectivity index (χ2n) is 3.76. The summed E-state index contributed by atoms with van der Waals surface area (Å²) in [5.41, 5.74) is 1.10. The normalized spacial score (nSPS) is 10.2. The SMILES string of the molecule is CN(C(=O)c1ccn(C)n1)c1ccc(O)cc1. The lowest BCUT2D eigenvalue weighted by Gasteiger charge is -2.15. The number of carbonyl (C=O) groups is 1. The summed E-state index contributed by atoms with van der Waals surface area (Å²) in [4.78, 5) is 13.5. The zero-order valence-electron chi connectivity index (χ0n) is 9.66. The molecule has 5 heteroatoms. The lowest BCUT2D eigenvalue weighted by molar-refractivity contribution is 0.0987. The van der Waals surface area contributed by atoms with E-state index < -0.39 is 0 Å². The molecule has 0 saturated heterocycles. The number of benzene rings is 1. The summed E-state index contributed by atoms with van der Waals surface area (Å²) in [6.07, 6.45) is 1.72. The van der Waals surface area contributed by atoms with Crippen molar-refractivity contribution in [3.63, 3.8) is 0 Å². The van der Waals surface area contributed by atoms with Crippen LogP contribution < -0.4 is 4.90 Å². The molecule has 5 nitrogen and oxygen atoms in total. The first-order valence-corrected chi connectivity index (χ1v) is 5.14. The van der Waals surface area contributed by atoms with E-state index in [9.17, 15) is 9.90 Å². The number of nitrogens with zero attached hydrogens (tertiary/aromatic N) is 3. The molecule has 0 aliphatic heterocycles. The largest absolute Gasteiger partial charge is 0.508 e. The maximum Gasteiger partial charge on any atom is 0.278 e. The van der Waals surface area contributed by atoms with Crippen molar-refractivity contribution in [3.8, 4) is 5.75 Å². The van der Waals surface area contributed by atoms with Crippen molar-refractivity contribution >= 4 is 11.6 Å². The Morgan fingerprint density at radius 2 is 1.94 bits per heavy atom. The molecule has 0 spiro atoms. The Balaban J connectivity index is 2.23. The number of rotatable bonds is 2. The zero-order valence-corrected chi connectivity index (χ0v) is 9.66. The Morgan fingerprint density at radius 3 is 2.47 bits per heavy atom. The van der Waals surface area contributed by atoms with Crippen molar-refractivity contribution in [3.05, 3.63) is 42.2 Å². The van der Waals surface area contributed by atoms with Gasteiger partial charge in [-0.2, -0.15) is 5.10 Å². The van der Waals surface area contributed by atoms with Crippen LogP contribution in [0.4, 0.5) is 5.69 Å². The van der Waals surface area contributed by atoms with Crippen LogP contribution in [-0.4, -0.2) is 27.8 Å². The first-order chi connectivity index (χ1) is 8.08. The van der Waals surface area contributed by atoms with Gasteiger partial charge in [0.05, 0.1) is 0 Å². The number of anilines is 1. The van der Waals surface area contributed by atoms with Crippen molar-refractivity contribution in [2.24, 2.45) is 7.05 Å². The predicted molar refractivity (Wildman–Crippen MR) is 64.0 cm³/mol. The van der Waals surface area contributed by atoms with E-state index in [4.69, 9.17) is 0 Å². The third kappa shape index (κ3) is 2.28. The van der Waals surface area contributed by atoms with Gasteiger partial charge < -0.3 is 10.0 Å². The number of phenolic OH excluding ortho intramolecular Hbond substituents is 1. The van der Waals surface area contributed by atoms with Crippen LogP contribution in [0.5, 0.6) is 5.75 Å². The zero-order chi connectivity index (χ0) is 12.4. The standard InChI is InChI=1S/C12H13N3O2/c1-14-8-7-11(13-14)12(17)15(2)9-3-5-10(16)6-4-9/h3-8,16H,1-2H3. The van der Waals surface area contributed by atoms with E-state index in [2.05, 4.69) is 5.10 Å². The molecule has 17 heavy (non-hydrogen) atoms. The summed E-state index contributed by atoms with van der Waals surface area (Å²) in [6, 6.07) is 8.10. The van der Waals surface area contributed by atoms with Crippen LogP contribution >= 0.6 is 0 Å². The molecule has 0 aliphatic carbocycles. The molecule has 0 aliphatic rings. The smallest absolute Gasteiger partial charge is 0.278 e. The second-order valence-corrected chi connectivity index (χ2v) is 3.76. The Bertz CT molecular complexity index is 531. The lowest BCUT2D eigenvalue weighted by Crippen LogP contribution is -2.26. The Hall–Kier alpha value is -2.30. The van der Waals surface area contributed by atoms with Crippen molar-refractivity contribution in [2.45, 2.75) is 0 Å². The average molecular weight is 231 g/mol. The maximum atomic E-state index is 12.0.